The number of amides is 2. The van der Waals surface area contributed by atoms with Crippen molar-refractivity contribution in [2.75, 3.05) is 6.16 Å². The second-order valence-electron chi connectivity index (χ2n) is 13.2. The Labute approximate surface area is 275 Å². The number of benzene rings is 2. The maximum Gasteiger partial charge on any atom is 0.408 e. The molecule has 43 heavy (non-hydrogen) atoms. The Balaban J connectivity index is 2.43. The van der Waals surface area contributed by atoms with Crippen molar-refractivity contribution >= 4 is 73.7 Å². The monoisotopic (exact) mass is 688 g/mol. The molecule has 0 radical (unpaired) electrons. The number of carbonyl (C=O) groups is 2. The van der Waals surface area contributed by atoms with Gasteiger partial charge in [0.2, 0.25) is 9.70 Å². The highest BCUT2D eigenvalue weighted by molar-refractivity contribution is 7.73. The molecule has 0 spiro atoms. The molecule has 0 saturated carbocycles. The minimum Gasteiger partial charge on any atom is -0.439 e. The van der Waals surface area contributed by atoms with E-state index in [4.69, 9.17) is 44.0 Å². The molecule has 2 aromatic carbocycles. The second-order valence-corrected chi connectivity index (χ2v) is 22.5. The molecule has 3 atom stereocenters. The molecule has 2 aromatic rings. The van der Waals surface area contributed by atoms with E-state index in [1.165, 1.54) is 24.5 Å². The molecule has 0 aliphatic heterocycles. The van der Waals surface area contributed by atoms with Crippen LogP contribution in [0.1, 0.15) is 55.4 Å². The maximum absolute atomic E-state index is 13.9. The lowest BCUT2D eigenvalue weighted by molar-refractivity contribution is -0.125. The molecule has 11 heteroatoms. The normalized spacial score (nSPS) is 15.1. The summed E-state index contributed by atoms with van der Waals surface area (Å²) in [6.07, 6.45) is -0.478. The molecule has 2 amide bonds. The molecule has 0 fully saturated rings. The molecular weight excluding hydrogens is 642 g/mol. The zero-order chi connectivity index (χ0) is 32.8. The largest absolute Gasteiger partial charge is 0.439 e. The van der Waals surface area contributed by atoms with E-state index >= 15 is 0 Å². The minimum atomic E-state index is -2.18. The summed E-state index contributed by atoms with van der Waals surface area (Å²) in [4.78, 5) is 26.8. The zero-order valence-corrected chi connectivity index (χ0v) is 31.2. The van der Waals surface area contributed by atoms with Crippen molar-refractivity contribution in [2.24, 2.45) is 5.92 Å². The van der Waals surface area contributed by atoms with Crippen molar-refractivity contribution in [3.63, 3.8) is 0 Å². The van der Waals surface area contributed by atoms with E-state index in [0.717, 1.165) is 0 Å². The zero-order valence-electron chi connectivity index (χ0n) is 27.0. The predicted octanol–water partition coefficient (Wildman–Crippen LogP) is 7.91. The average molecular weight is 690 g/mol. The Morgan fingerprint density at radius 2 is 1.30 bits per heavy atom. The summed E-state index contributed by atoms with van der Waals surface area (Å²) >= 11 is 18.0. The van der Waals surface area contributed by atoms with Gasteiger partial charge in [0.05, 0.1) is 12.1 Å². The highest BCUT2D eigenvalue weighted by Crippen LogP contribution is 2.41. The van der Waals surface area contributed by atoms with Gasteiger partial charge in [-0.3, -0.25) is 4.79 Å². The van der Waals surface area contributed by atoms with Crippen LogP contribution in [0.2, 0.25) is 18.1 Å². The maximum atomic E-state index is 13.9. The van der Waals surface area contributed by atoms with Crippen LogP contribution in [0.5, 0.6) is 0 Å². The summed E-state index contributed by atoms with van der Waals surface area (Å²) in [5.41, 5.74) is -1.42. The van der Waals surface area contributed by atoms with E-state index in [-0.39, 0.29) is 29.0 Å². The summed E-state index contributed by atoms with van der Waals surface area (Å²) in [5, 5.41) is 8.37. The molecular formula is C32H48Cl3N2O4PSi. The summed E-state index contributed by atoms with van der Waals surface area (Å²) in [6, 6.07) is 19.5. The smallest absolute Gasteiger partial charge is 0.408 e. The SMILES string of the molecule is CC(C)[C@@H](NC(=O)OC(C)(C)C(Cl)(Cl)Cl)C(=O)N[C@H](CP(c1ccccc1)c1ccccc1)[C@@H](C)O[Si](C)(C)C(C)(C)C. The van der Waals surface area contributed by atoms with Crippen molar-refractivity contribution in [2.45, 2.75) is 101 Å². The Hall–Kier alpha value is -1.34. The Morgan fingerprint density at radius 1 is 0.837 bits per heavy atom. The number of halogens is 3. The topological polar surface area (TPSA) is 76.7 Å². The molecule has 0 aliphatic rings. The van der Waals surface area contributed by atoms with Gasteiger partial charge in [-0.1, -0.05) is 130 Å². The van der Waals surface area contributed by atoms with Crippen molar-refractivity contribution < 1.29 is 18.8 Å². The summed E-state index contributed by atoms with van der Waals surface area (Å²) in [5.74, 6) is -0.573. The fourth-order valence-corrected chi connectivity index (χ4v) is 8.19. The number of hydrogen-bond acceptors (Lipinski definition) is 4. The number of hydrogen-bond donors (Lipinski definition) is 2. The first-order chi connectivity index (χ1) is 19.7. The third kappa shape index (κ3) is 10.9. The van der Waals surface area contributed by atoms with Crippen LogP contribution in [0.25, 0.3) is 0 Å². The standard InChI is InChI=1S/C32H48Cl3N2O4PSi/c1-22(2)27(37-29(39)40-31(7,8)32(33,34)35)28(38)36-26(23(3)41-43(9,10)30(4,5)6)21-42(24-17-13-11-14-18-24)25-19-15-12-16-20-25/h11-20,22-23,26-27H,21H2,1-10H3,(H,36,38)(H,37,39)/t23-,26-,27-/m1/s1. The van der Waals surface area contributed by atoms with Gasteiger partial charge in [0.1, 0.15) is 6.04 Å². The first-order valence-electron chi connectivity index (χ1n) is 14.6. The molecule has 0 aromatic heterocycles. The quantitative estimate of drug-likeness (QED) is 0.135. The van der Waals surface area contributed by atoms with E-state index in [2.05, 4.69) is 68.8 Å². The van der Waals surface area contributed by atoms with Gasteiger partial charge in [0.15, 0.2) is 13.9 Å². The van der Waals surface area contributed by atoms with Gasteiger partial charge in [-0.25, -0.2) is 4.79 Å². The molecule has 0 unspecified atom stereocenters. The third-order valence-corrected chi connectivity index (χ3v) is 16.5. The number of alkyl carbamates (subject to hydrolysis) is 1. The molecule has 0 aliphatic carbocycles. The molecule has 0 saturated heterocycles. The first kappa shape index (κ1) is 37.8. The molecule has 240 valence electrons. The first-order valence-corrected chi connectivity index (χ1v) is 20.2. The van der Waals surface area contributed by atoms with Gasteiger partial charge in [-0.2, -0.15) is 0 Å². The van der Waals surface area contributed by atoms with Crippen LogP contribution < -0.4 is 21.2 Å². The lowest BCUT2D eigenvalue weighted by atomic mass is 10.0. The van der Waals surface area contributed by atoms with Crippen LogP contribution in [-0.4, -0.2) is 54.1 Å². The van der Waals surface area contributed by atoms with Gasteiger partial charge < -0.3 is 19.8 Å². The lowest BCUT2D eigenvalue weighted by Gasteiger charge is -2.41. The Kier molecular flexibility index (Phi) is 13.5. The van der Waals surface area contributed by atoms with E-state index in [0.29, 0.717) is 6.16 Å². The average Bonchev–Trinajstić information content (AvgIpc) is 2.88. The van der Waals surface area contributed by atoms with E-state index in [1.54, 1.807) is 0 Å². The van der Waals surface area contributed by atoms with Gasteiger partial charge in [0.25, 0.3) is 0 Å². The summed E-state index contributed by atoms with van der Waals surface area (Å²) in [7, 11) is -3.02. The Morgan fingerprint density at radius 3 is 1.70 bits per heavy atom. The number of rotatable bonds is 12. The number of carbonyl (C=O) groups excluding carboxylic acids is 2. The summed E-state index contributed by atoms with van der Waals surface area (Å²) in [6.45, 7) is 19.7. The van der Waals surface area contributed by atoms with Crippen LogP contribution in [0.15, 0.2) is 60.7 Å². The van der Waals surface area contributed by atoms with Gasteiger partial charge in [-0.15, -0.1) is 0 Å². The second kappa shape index (κ2) is 15.3. The minimum absolute atomic E-state index is 0.0134. The molecule has 6 nitrogen and oxygen atoms in total. The van der Waals surface area contributed by atoms with Crippen molar-refractivity contribution in [3.8, 4) is 0 Å². The van der Waals surface area contributed by atoms with Crippen molar-refractivity contribution in [3.05, 3.63) is 60.7 Å². The van der Waals surface area contributed by atoms with Crippen LogP contribution in [-0.2, 0) is 14.0 Å². The van der Waals surface area contributed by atoms with Crippen molar-refractivity contribution in [1.82, 2.24) is 10.6 Å². The van der Waals surface area contributed by atoms with Crippen LogP contribution >= 0.6 is 42.7 Å². The van der Waals surface area contributed by atoms with E-state index in [1.807, 2.05) is 57.2 Å². The number of alkyl halides is 3. The Bertz CT molecular complexity index is 1150. The third-order valence-electron chi connectivity index (χ3n) is 7.95. The van der Waals surface area contributed by atoms with Crippen LogP contribution in [0, 0.1) is 5.92 Å². The summed E-state index contributed by atoms with van der Waals surface area (Å²) < 4.78 is 10.4. The predicted molar refractivity (Wildman–Crippen MR) is 186 cm³/mol. The fraction of sp³-hybridized carbons (Fsp3) is 0.562. The fourth-order valence-electron chi connectivity index (χ4n) is 4.06. The lowest BCUT2D eigenvalue weighted by Crippen LogP contribution is -2.58. The van der Waals surface area contributed by atoms with Crippen LogP contribution in [0.4, 0.5) is 4.79 Å². The van der Waals surface area contributed by atoms with Gasteiger partial charge in [-0.05, 0) is 69.5 Å². The van der Waals surface area contributed by atoms with Crippen LogP contribution in [0.3, 0.4) is 0 Å². The number of ether oxygens (including phenoxy) is 1. The molecule has 0 heterocycles. The highest BCUT2D eigenvalue weighted by atomic mass is 35.6. The molecule has 2 N–H and O–H groups in total. The highest BCUT2D eigenvalue weighted by Gasteiger charge is 2.45. The van der Waals surface area contributed by atoms with E-state index < -0.39 is 37.8 Å². The molecule has 0 bridgehead atoms. The molecule has 2 rings (SSSR count). The number of nitrogens with one attached hydrogen (secondary N) is 2. The van der Waals surface area contributed by atoms with Gasteiger partial charge >= 0.3 is 6.09 Å². The van der Waals surface area contributed by atoms with Crippen molar-refractivity contribution in [1.29, 1.82) is 0 Å². The van der Waals surface area contributed by atoms with E-state index in [9.17, 15) is 9.59 Å². The van der Waals surface area contributed by atoms with Gasteiger partial charge in [0, 0.05) is 0 Å².